The van der Waals surface area contributed by atoms with Crippen molar-refractivity contribution >= 4 is 11.6 Å². The van der Waals surface area contributed by atoms with Gasteiger partial charge in [0.25, 0.3) is 0 Å². The summed E-state index contributed by atoms with van der Waals surface area (Å²) in [5.41, 5.74) is 7.27. The van der Waals surface area contributed by atoms with Gasteiger partial charge in [-0.15, -0.1) is 0 Å². The van der Waals surface area contributed by atoms with Crippen molar-refractivity contribution in [2.24, 2.45) is 5.73 Å². The molecule has 0 saturated carbocycles. The average Bonchev–Trinajstić information content (AvgIpc) is 3.16. The second-order valence-corrected chi connectivity index (χ2v) is 5.51. The number of hydrogen-bond acceptors (Lipinski definition) is 8. The molecule has 3 aromatic rings. The summed E-state index contributed by atoms with van der Waals surface area (Å²) in [7, 11) is 1.60. The van der Waals surface area contributed by atoms with Crippen LogP contribution < -0.4 is 45.3 Å². The van der Waals surface area contributed by atoms with Crippen molar-refractivity contribution in [3.8, 4) is 28.8 Å². The molecule has 0 unspecified atom stereocenters. The van der Waals surface area contributed by atoms with Gasteiger partial charge in [-0.1, -0.05) is 6.07 Å². The number of nitriles is 1. The van der Waals surface area contributed by atoms with Crippen molar-refractivity contribution in [2.45, 2.75) is 6.42 Å². The number of nitrogens with two attached hydrogens (primary N) is 1. The van der Waals surface area contributed by atoms with E-state index in [-0.39, 0.29) is 33.4 Å². The summed E-state index contributed by atoms with van der Waals surface area (Å²) in [6.07, 6.45) is 3.61. The molecule has 4 N–H and O–H groups in total. The van der Waals surface area contributed by atoms with Crippen LogP contribution in [-0.4, -0.2) is 40.4 Å². The molecule has 2 heterocycles. The van der Waals surface area contributed by atoms with Crippen LogP contribution in [0.3, 0.4) is 0 Å². The Balaban J connectivity index is 0. The molecule has 0 bridgehead atoms. The molecule has 0 fully saturated rings. The molecule has 0 spiro atoms. The zero-order valence-electron chi connectivity index (χ0n) is 17.5. The molecule has 3 rings (SSSR count). The third-order valence-corrected chi connectivity index (χ3v) is 3.68. The fourth-order valence-corrected chi connectivity index (χ4v) is 2.43. The number of nitrogens with zero attached hydrogens (tertiary/aromatic N) is 4. The highest BCUT2D eigenvalue weighted by molar-refractivity contribution is 5.76. The van der Waals surface area contributed by atoms with E-state index in [0.29, 0.717) is 36.3 Å². The third-order valence-electron chi connectivity index (χ3n) is 3.68. The maximum Gasteiger partial charge on any atom is 1.00 e. The van der Waals surface area contributed by atoms with E-state index in [1.54, 1.807) is 7.11 Å². The topological polar surface area (TPSA) is 135 Å². The van der Waals surface area contributed by atoms with Crippen molar-refractivity contribution in [3.63, 3.8) is 0 Å². The van der Waals surface area contributed by atoms with Crippen LogP contribution in [0.25, 0.3) is 11.3 Å². The predicted octanol–water partition coefficient (Wildman–Crippen LogP) is -3.55. The molecule has 9 nitrogen and oxygen atoms in total. The second-order valence-electron chi connectivity index (χ2n) is 5.51. The number of methoxy groups -OCH3 is 1. The number of H-pyrrole nitrogens is 1. The van der Waals surface area contributed by atoms with E-state index < -0.39 is 0 Å². The molecule has 0 radical (unpaired) electrons. The van der Waals surface area contributed by atoms with Gasteiger partial charge in [0.2, 0.25) is 0 Å². The van der Waals surface area contributed by atoms with E-state index in [0.717, 1.165) is 17.7 Å². The van der Waals surface area contributed by atoms with Crippen LogP contribution in [0.4, 0.5) is 11.6 Å². The lowest BCUT2D eigenvalue weighted by atomic mass is 10.1. The average molecular weight is 438 g/mol. The van der Waals surface area contributed by atoms with Gasteiger partial charge in [-0.2, -0.15) is 10.4 Å². The molecule has 11 heteroatoms. The van der Waals surface area contributed by atoms with Gasteiger partial charge in [-0.3, -0.25) is 5.10 Å². The Kier molecular flexibility index (Phi) is 9.68. The summed E-state index contributed by atoms with van der Waals surface area (Å²) in [4.78, 5) is 8.08. The normalized spacial score (nSPS) is 9.55. The van der Waals surface area contributed by atoms with Gasteiger partial charge in [0.05, 0.1) is 37.4 Å². The lowest BCUT2D eigenvalue weighted by Crippen LogP contribution is -3.00. The van der Waals surface area contributed by atoms with Gasteiger partial charge in [-0.05, 0) is 25.1 Å². The Bertz CT molecular complexity index is 953. The largest absolute Gasteiger partial charge is 1.00 e. The van der Waals surface area contributed by atoms with Crippen LogP contribution in [0.15, 0.2) is 36.7 Å². The lowest BCUT2D eigenvalue weighted by molar-refractivity contribution is -0.001000. The molecule has 0 aliphatic heterocycles. The van der Waals surface area contributed by atoms with E-state index >= 15 is 0 Å². The van der Waals surface area contributed by atoms with Gasteiger partial charge in [0.15, 0.2) is 11.5 Å². The van der Waals surface area contributed by atoms with Crippen molar-refractivity contribution in [2.75, 3.05) is 25.6 Å². The minimum atomic E-state index is 0. The van der Waals surface area contributed by atoms with Crippen LogP contribution in [0.1, 0.15) is 15.0 Å². The van der Waals surface area contributed by atoms with Gasteiger partial charge in [0.1, 0.15) is 23.4 Å². The number of halogens is 2. The fourth-order valence-electron chi connectivity index (χ4n) is 2.43. The number of aromatic amines is 1. The van der Waals surface area contributed by atoms with Gasteiger partial charge >= 0.3 is 2.85 Å². The number of nitrogens with one attached hydrogen (secondary N) is 2. The number of hydrogen-bond donors (Lipinski definition) is 3. The number of rotatable bonds is 8. The van der Waals surface area contributed by atoms with Crippen molar-refractivity contribution in [1.29, 1.82) is 5.26 Å². The first-order valence-corrected chi connectivity index (χ1v) is 8.30. The van der Waals surface area contributed by atoms with Gasteiger partial charge < -0.3 is 45.3 Å². The number of aromatic nitrogens is 4. The van der Waals surface area contributed by atoms with Gasteiger partial charge in [-0.25, -0.2) is 9.97 Å². The molecular weight excluding hydrogens is 417 g/mol. The smallest absolute Gasteiger partial charge is 1.00 e. The molecular formula is C18H21Cl2N7O2. The zero-order chi connectivity index (χ0) is 19.1. The van der Waals surface area contributed by atoms with Crippen molar-refractivity contribution < 1.29 is 37.1 Å². The predicted molar refractivity (Wildman–Crippen MR) is 102 cm³/mol. The molecule has 0 saturated heterocycles. The lowest BCUT2D eigenvalue weighted by Gasteiger charge is -2.13. The standard InChI is InChI=1S/C18H19N7O2.2ClH/c1-26-14-4-2-5-15(27-7-3-6-19)18(14)13-8-16(25-24-13)23-17-11-21-12(9-20)10-22-17;;/h2,4-5,8,10-11H,3,6-7,19H2,1H3,(H2,22,23,24,25);2*1H. The first-order chi connectivity index (χ1) is 13.2. The SMILES string of the molecule is COc1cccc(OCCCN)c1-c1cc(Nc2cnc(C#N)cn2)n[nH]1.[Cl-].[Cl-].[H+].[H+]. The van der Waals surface area contributed by atoms with Crippen LogP contribution in [0.2, 0.25) is 0 Å². The monoisotopic (exact) mass is 437 g/mol. The first-order valence-electron chi connectivity index (χ1n) is 8.30. The molecule has 0 amide bonds. The Hall–Kier alpha value is -3.06. The summed E-state index contributed by atoms with van der Waals surface area (Å²) in [5, 5.41) is 19.0. The van der Waals surface area contributed by atoms with E-state index in [1.165, 1.54) is 12.4 Å². The van der Waals surface area contributed by atoms with Gasteiger partial charge in [0, 0.05) is 6.07 Å². The van der Waals surface area contributed by atoms with Crippen LogP contribution >= 0.6 is 0 Å². The maximum absolute atomic E-state index is 8.78. The minimum absolute atomic E-state index is 0. The van der Waals surface area contributed by atoms with Crippen LogP contribution in [-0.2, 0) is 0 Å². The van der Waals surface area contributed by atoms with Crippen molar-refractivity contribution in [1.82, 2.24) is 20.2 Å². The summed E-state index contributed by atoms with van der Waals surface area (Å²) < 4.78 is 11.3. The molecule has 29 heavy (non-hydrogen) atoms. The Morgan fingerprint density at radius 1 is 1.21 bits per heavy atom. The Labute approximate surface area is 183 Å². The fraction of sp³-hybridized carbons (Fsp3) is 0.222. The van der Waals surface area contributed by atoms with E-state index in [9.17, 15) is 0 Å². The highest BCUT2D eigenvalue weighted by Gasteiger charge is 2.16. The number of anilines is 2. The Morgan fingerprint density at radius 2 is 2.00 bits per heavy atom. The summed E-state index contributed by atoms with van der Waals surface area (Å²) in [6.45, 7) is 1.07. The summed E-state index contributed by atoms with van der Waals surface area (Å²) >= 11 is 0. The van der Waals surface area contributed by atoms with E-state index in [2.05, 4.69) is 25.5 Å². The molecule has 0 aliphatic carbocycles. The molecule has 1 aromatic carbocycles. The van der Waals surface area contributed by atoms with Crippen LogP contribution in [0, 0.1) is 11.3 Å². The molecule has 154 valence electrons. The first kappa shape index (κ1) is 24.0. The summed E-state index contributed by atoms with van der Waals surface area (Å²) in [6, 6.07) is 9.32. The zero-order valence-corrected chi connectivity index (χ0v) is 17.0. The molecule has 2 aromatic heterocycles. The van der Waals surface area contributed by atoms with E-state index in [1.807, 2.05) is 30.3 Å². The van der Waals surface area contributed by atoms with E-state index in [4.69, 9.17) is 20.5 Å². The summed E-state index contributed by atoms with van der Waals surface area (Å²) in [5.74, 6) is 2.36. The quantitative estimate of drug-likeness (QED) is 0.308. The number of benzene rings is 1. The minimum Gasteiger partial charge on any atom is -1.00 e. The second kappa shape index (κ2) is 11.7. The van der Waals surface area contributed by atoms with Crippen molar-refractivity contribution in [3.05, 3.63) is 42.4 Å². The number of ether oxygens (including phenoxy) is 2. The highest BCUT2D eigenvalue weighted by atomic mass is 35.5. The molecule has 0 atom stereocenters. The highest BCUT2D eigenvalue weighted by Crippen LogP contribution is 2.38. The maximum atomic E-state index is 8.78. The molecule has 0 aliphatic rings. The van der Waals surface area contributed by atoms with Crippen LogP contribution in [0.5, 0.6) is 11.5 Å². The third kappa shape index (κ3) is 5.96. The Morgan fingerprint density at radius 3 is 2.66 bits per heavy atom.